The van der Waals surface area contributed by atoms with Crippen molar-refractivity contribution in [2.24, 2.45) is 0 Å². The lowest BCUT2D eigenvalue weighted by molar-refractivity contribution is -0.127. The first-order chi connectivity index (χ1) is 12.0. The number of amides is 1. The fraction of sp³-hybridized carbons (Fsp3) is 0.375. The quantitative estimate of drug-likeness (QED) is 0.439. The average molecular weight is 370 g/mol. The first-order valence-corrected chi connectivity index (χ1v) is 7.69. The van der Waals surface area contributed by atoms with E-state index in [1.165, 1.54) is 31.4 Å². The number of methoxy groups -OCH3 is 2. The number of rotatable bonds is 9. The molecule has 0 aliphatic heterocycles. The van der Waals surface area contributed by atoms with Crippen LogP contribution >= 0.6 is 11.6 Å². The SMILES string of the molecule is COc1cc(N/C=C(/C#N)C(=O)N(CCO)CCO)c(OC)cc1Cl. The summed E-state index contributed by atoms with van der Waals surface area (Å²) in [6.07, 6.45) is 1.22. The normalized spacial score (nSPS) is 10.8. The smallest absolute Gasteiger partial charge is 0.266 e. The van der Waals surface area contributed by atoms with E-state index in [9.17, 15) is 10.1 Å². The zero-order valence-electron chi connectivity index (χ0n) is 14.0. The van der Waals surface area contributed by atoms with Crippen molar-refractivity contribution in [3.63, 3.8) is 0 Å². The second kappa shape index (κ2) is 10.4. The van der Waals surface area contributed by atoms with Gasteiger partial charge in [0.1, 0.15) is 23.1 Å². The molecule has 0 aliphatic rings. The van der Waals surface area contributed by atoms with Gasteiger partial charge in [-0.25, -0.2) is 0 Å². The molecule has 0 radical (unpaired) electrons. The summed E-state index contributed by atoms with van der Waals surface area (Å²) in [6, 6.07) is 4.89. The number of halogens is 1. The van der Waals surface area contributed by atoms with E-state index >= 15 is 0 Å². The number of nitrogens with one attached hydrogen (secondary N) is 1. The number of ether oxygens (including phenoxy) is 2. The molecule has 25 heavy (non-hydrogen) atoms. The Hall–Kier alpha value is -2.47. The maximum Gasteiger partial charge on any atom is 0.266 e. The minimum Gasteiger partial charge on any atom is -0.495 e. The maximum atomic E-state index is 12.3. The molecule has 0 unspecified atom stereocenters. The summed E-state index contributed by atoms with van der Waals surface area (Å²) in [6.45, 7) is -0.535. The number of anilines is 1. The Morgan fingerprint density at radius 3 is 2.36 bits per heavy atom. The summed E-state index contributed by atoms with van der Waals surface area (Å²) in [5, 5.41) is 30.4. The van der Waals surface area contributed by atoms with Crippen molar-refractivity contribution in [1.82, 2.24) is 4.90 Å². The molecule has 0 spiro atoms. The van der Waals surface area contributed by atoms with Crippen molar-refractivity contribution in [2.75, 3.05) is 45.8 Å². The highest BCUT2D eigenvalue weighted by Crippen LogP contribution is 2.35. The number of carbonyl (C=O) groups excluding carboxylic acids is 1. The number of benzene rings is 1. The Balaban J connectivity index is 3.08. The van der Waals surface area contributed by atoms with Crippen molar-refractivity contribution in [2.45, 2.75) is 0 Å². The van der Waals surface area contributed by atoms with Crippen LogP contribution in [0.4, 0.5) is 5.69 Å². The molecule has 9 heteroatoms. The molecule has 1 rings (SSSR count). The highest BCUT2D eigenvalue weighted by molar-refractivity contribution is 6.32. The average Bonchev–Trinajstić information content (AvgIpc) is 2.62. The highest BCUT2D eigenvalue weighted by Gasteiger charge is 2.18. The molecule has 1 aromatic carbocycles. The molecule has 0 bridgehead atoms. The van der Waals surface area contributed by atoms with E-state index in [2.05, 4.69) is 5.32 Å². The van der Waals surface area contributed by atoms with E-state index in [1.54, 1.807) is 12.1 Å². The summed E-state index contributed by atoms with van der Waals surface area (Å²) < 4.78 is 10.3. The van der Waals surface area contributed by atoms with Crippen LogP contribution in [-0.2, 0) is 4.79 Å². The van der Waals surface area contributed by atoms with Gasteiger partial charge in [0, 0.05) is 31.4 Å². The summed E-state index contributed by atoms with van der Waals surface area (Å²) in [4.78, 5) is 13.5. The zero-order valence-corrected chi connectivity index (χ0v) is 14.7. The molecule has 0 atom stereocenters. The monoisotopic (exact) mass is 369 g/mol. The van der Waals surface area contributed by atoms with Crippen molar-refractivity contribution >= 4 is 23.2 Å². The standard InChI is InChI=1S/C16H20ClN3O5/c1-24-14-8-13(15(25-2)7-12(14)17)19-10-11(9-18)16(23)20(3-5-21)4-6-22/h7-8,10,19,21-22H,3-6H2,1-2H3/b11-10-. The topological polar surface area (TPSA) is 115 Å². The van der Waals surface area contributed by atoms with Crippen LogP contribution in [-0.4, -0.2) is 61.5 Å². The molecule has 8 nitrogen and oxygen atoms in total. The lowest BCUT2D eigenvalue weighted by Gasteiger charge is -2.20. The Morgan fingerprint density at radius 1 is 1.28 bits per heavy atom. The van der Waals surface area contributed by atoms with Gasteiger partial charge in [-0.1, -0.05) is 11.6 Å². The minimum absolute atomic E-state index is 0.0104. The van der Waals surface area contributed by atoms with Gasteiger partial charge in [0.05, 0.1) is 38.1 Å². The van der Waals surface area contributed by atoms with E-state index in [0.717, 1.165) is 0 Å². The predicted octanol–water partition coefficient (Wildman–Crippen LogP) is 0.990. The molecular formula is C16H20ClN3O5. The van der Waals surface area contributed by atoms with Crippen molar-refractivity contribution < 1.29 is 24.5 Å². The van der Waals surface area contributed by atoms with Crippen LogP contribution in [0.2, 0.25) is 5.02 Å². The molecule has 1 amide bonds. The highest BCUT2D eigenvalue weighted by atomic mass is 35.5. The third kappa shape index (κ3) is 5.53. The molecule has 1 aromatic rings. The minimum atomic E-state index is -0.613. The van der Waals surface area contributed by atoms with E-state index < -0.39 is 5.91 Å². The Kier molecular flexibility index (Phi) is 8.56. The third-order valence-corrected chi connectivity index (χ3v) is 3.52. The lowest BCUT2D eigenvalue weighted by atomic mass is 10.2. The van der Waals surface area contributed by atoms with E-state index in [-0.39, 0.29) is 31.9 Å². The summed E-state index contributed by atoms with van der Waals surface area (Å²) in [5.41, 5.74) is 0.248. The molecule has 136 valence electrons. The zero-order chi connectivity index (χ0) is 18.8. The number of hydrogen-bond acceptors (Lipinski definition) is 7. The Bertz CT molecular complexity index is 666. The van der Waals surface area contributed by atoms with Gasteiger partial charge in [-0.2, -0.15) is 5.26 Å². The predicted molar refractivity (Wildman–Crippen MR) is 92.6 cm³/mol. The van der Waals surface area contributed by atoms with Gasteiger partial charge in [0.25, 0.3) is 5.91 Å². The third-order valence-electron chi connectivity index (χ3n) is 3.22. The first kappa shape index (κ1) is 20.6. The van der Waals surface area contributed by atoms with Crippen LogP contribution in [0.25, 0.3) is 0 Å². The first-order valence-electron chi connectivity index (χ1n) is 7.31. The number of nitrogens with zero attached hydrogens (tertiary/aromatic N) is 2. The summed E-state index contributed by atoms with van der Waals surface area (Å²) in [5.74, 6) is 0.178. The van der Waals surface area contributed by atoms with Gasteiger partial charge in [0.2, 0.25) is 0 Å². The maximum absolute atomic E-state index is 12.3. The molecule has 0 aliphatic carbocycles. The second-order valence-corrected chi connectivity index (χ2v) is 5.15. The number of aliphatic hydroxyl groups is 2. The van der Waals surface area contributed by atoms with Gasteiger partial charge in [-0.15, -0.1) is 0 Å². The van der Waals surface area contributed by atoms with Gasteiger partial charge in [-0.05, 0) is 0 Å². The molecular weight excluding hydrogens is 350 g/mol. The number of aliphatic hydroxyl groups excluding tert-OH is 2. The van der Waals surface area contributed by atoms with Crippen molar-refractivity contribution in [3.05, 3.63) is 28.9 Å². The van der Waals surface area contributed by atoms with Crippen LogP contribution in [0.1, 0.15) is 0 Å². The van der Waals surface area contributed by atoms with E-state index in [4.69, 9.17) is 31.3 Å². The van der Waals surface area contributed by atoms with Crippen molar-refractivity contribution in [1.29, 1.82) is 5.26 Å². The van der Waals surface area contributed by atoms with Crippen LogP contribution in [0.5, 0.6) is 11.5 Å². The van der Waals surface area contributed by atoms with Crippen LogP contribution in [0.3, 0.4) is 0 Å². The largest absolute Gasteiger partial charge is 0.495 e. The molecule has 3 N–H and O–H groups in total. The van der Waals surface area contributed by atoms with Gasteiger partial charge < -0.3 is 29.9 Å². The molecule has 0 aromatic heterocycles. The van der Waals surface area contributed by atoms with Crippen LogP contribution in [0.15, 0.2) is 23.9 Å². The summed E-state index contributed by atoms with van der Waals surface area (Å²) >= 11 is 6.02. The van der Waals surface area contributed by atoms with Crippen molar-refractivity contribution in [3.8, 4) is 17.6 Å². The van der Waals surface area contributed by atoms with Gasteiger partial charge in [-0.3, -0.25) is 4.79 Å². The summed E-state index contributed by atoms with van der Waals surface area (Å²) in [7, 11) is 2.91. The molecule has 0 saturated carbocycles. The lowest BCUT2D eigenvalue weighted by Crippen LogP contribution is -2.36. The number of nitriles is 1. The van der Waals surface area contributed by atoms with E-state index in [1.807, 2.05) is 0 Å². The van der Waals surface area contributed by atoms with Crippen LogP contribution in [0, 0.1) is 11.3 Å². The fourth-order valence-electron chi connectivity index (χ4n) is 1.99. The molecule has 0 saturated heterocycles. The van der Waals surface area contributed by atoms with Gasteiger partial charge in [0.15, 0.2) is 0 Å². The molecule has 0 heterocycles. The Labute approximate surface area is 150 Å². The van der Waals surface area contributed by atoms with Gasteiger partial charge >= 0.3 is 0 Å². The molecule has 0 fully saturated rings. The van der Waals surface area contributed by atoms with E-state index in [0.29, 0.717) is 22.2 Å². The Morgan fingerprint density at radius 2 is 1.88 bits per heavy atom. The van der Waals surface area contributed by atoms with Crippen LogP contribution < -0.4 is 14.8 Å². The number of carbonyl (C=O) groups is 1. The fourth-order valence-corrected chi connectivity index (χ4v) is 2.22. The second-order valence-electron chi connectivity index (χ2n) is 4.74. The number of hydrogen-bond donors (Lipinski definition) is 3.